The Morgan fingerprint density at radius 1 is 1.48 bits per heavy atom. The second-order valence-corrected chi connectivity index (χ2v) is 4.77. The van der Waals surface area contributed by atoms with Gasteiger partial charge >= 0.3 is 12.1 Å². The number of nitrogens with zero attached hydrogens (tertiary/aromatic N) is 1. The van der Waals surface area contributed by atoms with Crippen LogP contribution in [0.4, 0.5) is 18.9 Å². The Hall–Kier alpha value is -1.42. The topological polar surface area (TPSA) is 78.6 Å². The molecule has 1 aliphatic rings. The third-order valence-corrected chi connectivity index (χ3v) is 2.99. The highest BCUT2D eigenvalue weighted by molar-refractivity contribution is 8.00. The summed E-state index contributed by atoms with van der Waals surface area (Å²) >= 11 is 7.41. The van der Waals surface area contributed by atoms with E-state index in [0.29, 0.717) is 11.6 Å². The number of hydrazine groups is 1. The molecule has 0 unspecified atom stereocenters. The van der Waals surface area contributed by atoms with Crippen LogP contribution < -0.4 is 15.6 Å². The number of benzene rings is 1. The average molecular weight is 342 g/mol. The lowest BCUT2D eigenvalue weighted by Gasteiger charge is -2.18. The normalized spacial score (nSPS) is 13.9. The van der Waals surface area contributed by atoms with Gasteiger partial charge in [0.15, 0.2) is 0 Å². The van der Waals surface area contributed by atoms with Crippen LogP contribution in [0.25, 0.3) is 0 Å². The standard InChI is InChI=1S/C9H10ClN3S.C2HF3O2/c10-8-1-2-9(7(5-8)6-11)13-3-4-14-12-13;3-2(4,5)1(6)7/h1-5,12H,6,11H2;(H,6,7). The highest BCUT2D eigenvalue weighted by atomic mass is 35.5. The number of carbonyl (C=O) groups is 1. The molecular formula is C11H11ClF3N3O2S. The van der Waals surface area contributed by atoms with Gasteiger partial charge in [-0.3, -0.25) is 5.01 Å². The quantitative estimate of drug-likeness (QED) is 0.718. The number of hydrogen-bond acceptors (Lipinski definition) is 5. The molecule has 1 aromatic rings. The van der Waals surface area contributed by atoms with E-state index >= 15 is 0 Å². The SMILES string of the molecule is NCc1cc(Cl)ccc1N1C=CSN1.O=C(O)C(F)(F)F. The van der Waals surface area contributed by atoms with Gasteiger partial charge in [-0.2, -0.15) is 18.0 Å². The summed E-state index contributed by atoms with van der Waals surface area (Å²) in [7, 11) is 0. The molecule has 10 heteroatoms. The van der Waals surface area contributed by atoms with E-state index in [4.69, 9.17) is 27.2 Å². The number of anilines is 1. The van der Waals surface area contributed by atoms with Gasteiger partial charge in [0, 0.05) is 23.2 Å². The zero-order chi connectivity index (χ0) is 16.0. The highest BCUT2D eigenvalue weighted by Gasteiger charge is 2.38. The zero-order valence-electron chi connectivity index (χ0n) is 10.4. The van der Waals surface area contributed by atoms with Gasteiger partial charge in [-0.25, -0.2) is 4.79 Å². The van der Waals surface area contributed by atoms with Gasteiger partial charge in [0.1, 0.15) is 0 Å². The summed E-state index contributed by atoms with van der Waals surface area (Å²) in [6, 6.07) is 5.69. The highest BCUT2D eigenvalue weighted by Crippen LogP contribution is 2.26. The Kier molecular flexibility index (Phi) is 6.34. The number of hydrogen-bond donors (Lipinski definition) is 3. The third kappa shape index (κ3) is 5.46. The monoisotopic (exact) mass is 341 g/mol. The summed E-state index contributed by atoms with van der Waals surface area (Å²) in [6.45, 7) is 0.479. The van der Waals surface area contributed by atoms with E-state index in [1.54, 1.807) is 0 Å². The maximum absolute atomic E-state index is 10.6. The number of nitrogens with two attached hydrogens (primary N) is 1. The van der Waals surface area contributed by atoms with Crippen LogP contribution in [0.3, 0.4) is 0 Å². The first-order valence-electron chi connectivity index (χ1n) is 5.41. The molecule has 5 nitrogen and oxygen atoms in total. The first-order valence-corrected chi connectivity index (χ1v) is 6.67. The van der Waals surface area contributed by atoms with Gasteiger partial charge in [0.05, 0.1) is 5.69 Å². The van der Waals surface area contributed by atoms with Crippen LogP contribution in [0.5, 0.6) is 0 Å². The van der Waals surface area contributed by atoms with Crippen LogP contribution in [0.1, 0.15) is 5.56 Å². The van der Waals surface area contributed by atoms with Crippen LogP contribution in [-0.2, 0) is 11.3 Å². The molecule has 0 saturated heterocycles. The molecule has 1 heterocycles. The van der Waals surface area contributed by atoms with Crippen LogP contribution in [0.2, 0.25) is 5.02 Å². The fraction of sp³-hybridized carbons (Fsp3) is 0.182. The van der Waals surface area contributed by atoms with E-state index in [1.807, 2.05) is 34.8 Å². The second kappa shape index (κ2) is 7.55. The maximum Gasteiger partial charge on any atom is 0.490 e. The fourth-order valence-electron chi connectivity index (χ4n) is 1.29. The van der Waals surface area contributed by atoms with Crippen molar-refractivity contribution in [1.29, 1.82) is 0 Å². The van der Waals surface area contributed by atoms with Gasteiger partial charge in [0.2, 0.25) is 0 Å². The summed E-state index contributed by atoms with van der Waals surface area (Å²) in [5.74, 6) is -2.76. The summed E-state index contributed by atoms with van der Waals surface area (Å²) in [4.78, 5) is 12.0. The number of nitrogens with one attached hydrogen (secondary N) is 1. The van der Waals surface area contributed by atoms with E-state index in [0.717, 1.165) is 11.3 Å². The first kappa shape index (κ1) is 17.6. The first-order chi connectivity index (χ1) is 9.75. The predicted molar refractivity (Wildman–Crippen MR) is 75.4 cm³/mol. The molecule has 4 N–H and O–H groups in total. The van der Waals surface area contributed by atoms with Gasteiger partial charge in [-0.05, 0) is 35.7 Å². The molecule has 2 rings (SSSR count). The Morgan fingerprint density at radius 3 is 2.52 bits per heavy atom. The number of aliphatic carboxylic acids is 1. The molecule has 21 heavy (non-hydrogen) atoms. The van der Waals surface area contributed by atoms with E-state index < -0.39 is 12.1 Å². The minimum absolute atomic E-state index is 0.479. The van der Waals surface area contributed by atoms with Crippen molar-refractivity contribution in [3.8, 4) is 0 Å². The van der Waals surface area contributed by atoms with E-state index in [-0.39, 0.29) is 0 Å². The van der Waals surface area contributed by atoms with E-state index in [1.165, 1.54) is 11.9 Å². The Labute approximate surface area is 127 Å². The number of halogens is 4. The molecule has 0 spiro atoms. The summed E-state index contributed by atoms with van der Waals surface area (Å²) in [5.41, 5.74) is 7.71. The molecule has 0 atom stereocenters. The van der Waals surface area contributed by atoms with Crippen LogP contribution >= 0.6 is 23.5 Å². The Morgan fingerprint density at radius 2 is 2.10 bits per heavy atom. The summed E-state index contributed by atoms with van der Waals surface area (Å²) < 4.78 is 31.7. The smallest absolute Gasteiger partial charge is 0.475 e. The molecule has 0 fully saturated rings. The van der Waals surface area contributed by atoms with Crippen molar-refractivity contribution in [3.63, 3.8) is 0 Å². The molecule has 1 aliphatic heterocycles. The van der Waals surface area contributed by atoms with Crippen molar-refractivity contribution in [2.75, 3.05) is 5.01 Å². The zero-order valence-corrected chi connectivity index (χ0v) is 12.0. The van der Waals surface area contributed by atoms with Crippen LogP contribution in [0.15, 0.2) is 29.8 Å². The average Bonchev–Trinajstić information content (AvgIpc) is 2.92. The number of carboxylic acid groups (broad SMARTS) is 1. The lowest BCUT2D eigenvalue weighted by atomic mass is 10.2. The molecule has 0 bridgehead atoms. The molecule has 116 valence electrons. The fourth-order valence-corrected chi connectivity index (χ4v) is 2.00. The molecule has 0 saturated carbocycles. The lowest BCUT2D eigenvalue weighted by molar-refractivity contribution is -0.192. The van der Waals surface area contributed by atoms with E-state index in [2.05, 4.69) is 4.83 Å². The molecule has 0 aromatic heterocycles. The minimum atomic E-state index is -5.08. The van der Waals surface area contributed by atoms with Crippen molar-refractivity contribution >= 4 is 35.2 Å². The minimum Gasteiger partial charge on any atom is -0.475 e. The van der Waals surface area contributed by atoms with Crippen LogP contribution in [0, 0.1) is 0 Å². The number of carboxylic acids is 1. The Balaban J connectivity index is 0.000000270. The molecule has 1 aromatic carbocycles. The maximum atomic E-state index is 10.6. The van der Waals surface area contributed by atoms with Gasteiger partial charge in [-0.15, -0.1) is 0 Å². The molecule has 0 amide bonds. The van der Waals surface area contributed by atoms with Crippen LogP contribution in [-0.4, -0.2) is 17.3 Å². The van der Waals surface area contributed by atoms with Gasteiger partial charge in [0.25, 0.3) is 0 Å². The van der Waals surface area contributed by atoms with Crippen molar-refractivity contribution in [2.24, 2.45) is 5.73 Å². The number of rotatable bonds is 2. The summed E-state index contributed by atoms with van der Waals surface area (Å²) in [5, 5.41) is 11.7. The lowest BCUT2D eigenvalue weighted by Crippen LogP contribution is -2.24. The largest absolute Gasteiger partial charge is 0.490 e. The molecule has 0 radical (unpaired) electrons. The van der Waals surface area contributed by atoms with Crippen molar-refractivity contribution < 1.29 is 23.1 Å². The van der Waals surface area contributed by atoms with Crippen molar-refractivity contribution in [3.05, 3.63) is 40.4 Å². The number of alkyl halides is 3. The second-order valence-electron chi connectivity index (χ2n) is 3.64. The predicted octanol–water partition coefficient (Wildman–Crippen LogP) is 2.88. The van der Waals surface area contributed by atoms with Crippen molar-refractivity contribution in [2.45, 2.75) is 12.7 Å². The third-order valence-electron chi connectivity index (χ3n) is 2.19. The van der Waals surface area contributed by atoms with Gasteiger partial charge < -0.3 is 10.8 Å². The van der Waals surface area contributed by atoms with E-state index in [9.17, 15) is 13.2 Å². The molecule has 0 aliphatic carbocycles. The summed E-state index contributed by atoms with van der Waals surface area (Å²) in [6.07, 6.45) is -3.13. The van der Waals surface area contributed by atoms with Crippen molar-refractivity contribution in [1.82, 2.24) is 4.83 Å². The van der Waals surface area contributed by atoms with Gasteiger partial charge in [-0.1, -0.05) is 11.6 Å². The Bertz CT molecular complexity index is 540. The molecular weight excluding hydrogens is 331 g/mol.